The van der Waals surface area contributed by atoms with Crippen LogP contribution < -0.4 is 10.1 Å². The molecule has 1 aromatic heterocycles. The van der Waals surface area contributed by atoms with Gasteiger partial charge in [0.1, 0.15) is 10.8 Å². The minimum absolute atomic E-state index is 0.0402. The van der Waals surface area contributed by atoms with E-state index in [9.17, 15) is 4.79 Å². The average Bonchev–Trinajstić information content (AvgIpc) is 2.92. The van der Waals surface area contributed by atoms with Crippen LogP contribution in [0.25, 0.3) is 0 Å². The van der Waals surface area contributed by atoms with Gasteiger partial charge >= 0.3 is 0 Å². The number of anilines is 1. The Labute approximate surface area is 147 Å². The van der Waals surface area contributed by atoms with Gasteiger partial charge in [-0.25, -0.2) is 0 Å². The Kier molecular flexibility index (Phi) is 6.31. The first-order chi connectivity index (χ1) is 11.3. The number of nitrogens with zero attached hydrogens (tertiary/aromatic N) is 2. The summed E-state index contributed by atoms with van der Waals surface area (Å²) in [6.07, 6.45) is 0.866. The van der Waals surface area contributed by atoms with Crippen LogP contribution in [0.2, 0.25) is 0 Å². The normalized spacial score (nSPS) is 11.1. The van der Waals surface area contributed by atoms with E-state index in [0.29, 0.717) is 17.0 Å². The van der Waals surface area contributed by atoms with E-state index in [4.69, 9.17) is 4.74 Å². The number of benzene rings is 1. The minimum atomic E-state index is -0.225. The molecule has 0 radical (unpaired) electrons. The fraction of sp³-hybridized carbons (Fsp3) is 0.500. The summed E-state index contributed by atoms with van der Waals surface area (Å²) in [7, 11) is 0. The topological polar surface area (TPSA) is 64.1 Å². The van der Waals surface area contributed by atoms with Crippen LogP contribution >= 0.6 is 11.3 Å². The number of rotatable bonds is 7. The van der Waals surface area contributed by atoms with Crippen molar-refractivity contribution in [3.8, 4) is 5.75 Å². The molecular formula is C18H25N3O2S. The SMILES string of the molecule is Cc1ccc(C(C)C)cc1OCC(=O)Nc1nnc(CC(C)C)s1. The predicted molar refractivity (Wildman–Crippen MR) is 97.8 cm³/mol. The first-order valence-corrected chi connectivity index (χ1v) is 9.02. The van der Waals surface area contributed by atoms with Gasteiger partial charge in [0.25, 0.3) is 5.91 Å². The molecule has 1 amide bonds. The number of aromatic nitrogens is 2. The van der Waals surface area contributed by atoms with Crippen molar-refractivity contribution in [1.82, 2.24) is 10.2 Å². The van der Waals surface area contributed by atoms with Crippen molar-refractivity contribution < 1.29 is 9.53 Å². The van der Waals surface area contributed by atoms with Crippen molar-refractivity contribution in [1.29, 1.82) is 0 Å². The molecule has 0 spiro atoms. The van der Waals surface area contributed by atoms with Gasteiger partial charge in [-0.3, -0.25) is 10.1 Å². The van der Waals surface area contributed by atoms with E-state index in [-0.39, 0.29) is 12.5 Å². The smallest absolute Gasteiger partial charge is 0.264 e. The summed E-state index contributed by atoms with van der Waals surface area (Å²) in [4.78, 5) is 12.1. The van der Waals surface area contributed by atoms with Crippen molar-refractivity contribution in [2.24, 2.45) is 5.92 Å². The van der Waals surface area contributed by atoms with Crippen LogP contribution in [0.5, 0.6) is 5.75 Å². The van der Waals surface area contributed by atoms with Gasteiger partial charge in [0.2, 0.25) is 5.13 Å². The number of ether oxygens (including phenoxy) is 1. The van der Waals surface area contributed by atoms with Crippen LogP contribution in [-0.4, -0.2) is 22.7 Å². The van der Waals surface area contributed by atoms with Gasteiger partial charge in [0, 0.05) is 6.42 Å². The molecule has 0 saturated heterocycles. The van der Waals surface area contributed by atoms with E-state index in [0.717, 1.165) is 22.7 Å². The highest BCUT2D eigenvalue weighted by molar-refractivity contribution is 7.15. The number of carbonyl (C=O) groups is 1. The van der Waals surface area contributed by atoms with Gasteiger partial charge in [-0.1, -0.05) is 51.2 Å². The van der Waals surface area contributed by atoms with Crippen molar-refractivity contribution in [2.75, 3.05) is 11.9 Å². The summed E-state index contributed by atoms with van der Waals surface area (Å²) in [6.45, 7) is 10.4. The van der Waals surface area contributed by atoms with Crippen molar-refractivity contribution in [3.05, 3.63) is 34.3 Å². The Hall–Kier alpha value is -1.95. The summed E-state index contributed by atoms with van der Waals surface area (Å²) in [5, 5.41) is 12.3. The standard InChI is InChI=1S/C18H25N3O2S/c1-11(2)8-17-20-21-18(24-17)19-16(22)10-23-15-9-14(12(3)4)7-6-13(15)5/h6-7,9,11-12H,8,10H2,1-5H3,(H,19,21,22). The molecule has 0 aliphatic carbocycles. The Morgan fingerprint density at radius 3 is 2.67 bits per heavy atom. The lowest BCUT2D eigenvalue weighted by atomic mass is 10.0. The van der Waals surface area contributed by atoms with Gasteiger partial charge in [0.05, 0.1) is 0 Å². The zero-order valence-corrected chi connectivity index (χ0v) is 15.7. The van der Waals surface area contributed by atoms with Crippen LogP contribution in [0.4, 0.5) is 5.13 Å². The summed E-state index contributed by atoms with van der Waals surface area (Å²) in [6, 6.07) is 6.11. The average molecular weight is 347 g/mol. The quantitative estimate of drug-likeness (QED) is 0.816. The third-order valence-electron chi connectivity index (χ3n) is 3.53. The first kappa shape index (κ1) is 18.4. The molecule has 2 aromatic rings. The lowest BCUT2D eigenvalue weighted by Crippen LogP contribution is -2.20. The molecule has 6 heteroatoms. The van der Waals surface area contributed by atoms with E-state index in [2.05, 4.69) is 49.3 Å². The number of hydrogen-bond donors (Lipinski definition) is 1. The fourth-order valence-corrected chi connectivity index (χ4v) is 3.13. The molecule has 130 valence electrons. The van der Waals surface area contributed by atoms with Crippen molar-refractivity contribution in [2.45, 2.75) is 47.0 Å². The monoisotopic (exact) mass is 347 g/mol. The van der Waals surface area contributed by atoms with Crippen molar-refractivity contribution >= 4 is 22.4 Å². The number of carbonyl (C=O) groups excluding carboxylic acids is 1. The maximum atomic E-state index is 12.1. The second-order valence-corrected chi connectivity index (χ2v) is 7.68. The second kappa shape index (κ2) is 8.24. The predicted octanol–water partition coefficient (Wildman–Crippen LogP) is 4.19. The lowest BCUT2D eigenvalue weighted by Gasteiger charge is -2.12. The van der Waals surface area contributed by atoms with Gasteiger partial charge in [-0.15, -0.1) is 10.2 Å². The van der Waals surface area contributed by atoms with Crippen LogP contribution in [0.15, 0.2) is 18.2 Å². The molecule has 5 nitrogen and oxygen atoms in total. The molecule has 0 unspecified atom stereocenters. The Balaban J connectivity index is 1.91. The van der Waals surface area contributed by atoms with E-state index < -0.39 is 0 Å². The third kappa shape index (κ3) is 5.30. The van der Waals surface area contributed by atoms with Gasteiger partial charge in [-0.2, -0.15) is 0 Å². The van der Waals surface area contributed by atoms with E-state index in [1.165, 1.54) is 16.9 Å². The highest BCUT2D eigenvalue weighted by atomic mass is 32.1. The van der Waals surface area contributed by atoms with Crippen molar-refractivity contribution in [3.63, 3.8) is 0 Å². The van der Waals surface area contributed by atoms with Crippen LogP contribution in [-0.2, 0) is 11.2 Å². The van der Waals surface area contributed by atoms with Gasteiger partial charge < -0.3 is 4.74 Å². The molecule has 1 N–H and O–H groups in total. The molecule has 0 saturated carbocycles. The van der Waals surface area contributed by atoms with E-state index in [1.54, 1.807) is 0 Å². The summed E-state index contributed by atoms with van der Waals surface area (Å²) in [5.74, 6) is 1.45. The van der Waals surface area contributed by atoms with E-state index >= 15 is 0 Å². The first-order valence-electron chi connectivity index (χ1n) is 8.20. The molecule has 0 atom stereocenters. The van der Waals surface area contributed by atoms with Gasteiger partial charge in [0.15, 0.2) is 6.61 Å². The Morgan fingerprint density at radius 2 is 2.00 bits per heavy atom. The molecule has 24 heavy (non-hydrogen) atoms. The minimum Gasteiger partial charge on any atom is -0.483 e. The summed E-state index contributed by atoms with van der Waals surface area (Å²) in [5.41, 5.74) is 2.21. The number of amides is 1. The second-order valence-electron chi connectivity index (χ2n) is 6.62. The van der Waals surface area contributed by atoms with Crippen LogP contribution in [0.3, 0.4) is 0 Å². The van der Waals surface area contributed by atoms with E-state index in [1.807, 2.05) is 19.1 Å². The number of hydrogen-bond acceptors (Lipinski definition) is 5. The molecule has 2 rings (SSSR count). The molecular weight excluding hydrogens is 322 g/mol. The third-order valence-corrected chi connectivity index (χ3v) is 4.39. The number of nitrogens with one attached hydrogen (secondary N) is 1. The molecule has 1 heterocycles. The van der Waals surface area contributed by atoms with Gasteiger partial charge in [-0.05, 0) is 36.0 Å². The zero-order valence-electron chi connectivity index (χ0n) is 14.9. The highest BCUT2D eigenvalue weighted by Gasteiger charge is 2.11. The van der Waals surface area contributed by atoms with Crippen LogP contribution in [0, 0.1) is 12.8 Å². The zero-order chi connectivity index (χ0) is 17.7. The summed E-state index contributed by atoms with van der Waals surface area (Å²) < 4.78 is 5.68. The van der Waals surface area contributed by atoms with Crippen LogP contribution in [0.1, 0.15) is 49.7 Å². The molecule has 0 fully saturated rings. The molecule has 1 aromatic carbocycles. The molecule has 0 aliphatic heterocycles. The largest absolute Gasteiger partial charge is 0.483 e. The maximum absolute atomic E-state index is 12.1. The lowest BCUT2D eigenvalue weighted by molar-refractivity contribution is -0.118. The molecule has 0 aliphatic rings. The highest BCUT2D eigenvalue weighted by Crippen LogP contribution is 2.24. The Bertz CT molecular complexity index is 695. The number of aryl methyl sites for hydroxylation is 1. The molecule has 0 bridgehead atoms. The summed E-state index contributed by atoms with van der Waals surface area (Å²) >= 11 is 1.41. The maximum Gasteiger partial charge on any atom is 0.264 e. The Morgan fingerprint density at radius 1 is 1.25 bits per heavy atom. The fourth-order valence-electron chi connectivity index (χ4n) is 2.17.